The van der Waals surface area contributed by atoms with Crippen molar-refractivity contribution in [3.63, 3.8) is 0 Å². The van der Waals surface area contributed by atoms with Gasteiger partial charge < -0.3 is 0 Å². The molecule has 0 bridgehead atoms. The quantitative estimate of drug-likeness (QED) is 0.551. The lowest BCUT2D eigenvalue weighted by Crippen LogP contribution is -1.91. The van der Waals surface area contributed by atoms with Gasteiger partial charge in [0, 0.05) is 5.56 Å². The van der Waals surface area contributed by atoms with Gasteiger partial charge in [0.25, 0.3) is 0 Å². The first-order chi connectivity index (χ1) is 7.29. The molecule has 2 rings (SSSR count). The Bertz CT molecular complexity index is 477. The smallest absolute Gasteiger partial charge is 0.0709 e. The van der Waals surface area contributed by atoms with Crippen molar-refractivity contribution in [2.45, 2.75) is 0 Å². The van der Waals surface area contributed by atoms with E-state index in [1.807, 2.05) is 54.6 Å². The first kappa shape index (κ1) is 10.3. The lowest BCUT2D eigenvalue weighted by molar-refractivity contribution is 1.60. The van der Waals surface area contributed by atoms with Crippen LogP contribution in [0.5, 0.6) is 0 Å². The molecule has 2 aromatic carbocycles. The fourth-order valence-corrected chi connectivity index (χ4v) is 1.87. The van der Waals surface area contributed by atoms with E-state index in [9.17, 15) is 0 Å². The predicted octanol–water partition coefficient (Wildman–Crippen LogP) is 4.27. The third-order valence-electron chi connectivity index (χ3n) is 2.22. The van der Waals surface area contributed by atoms with Gasteiger partial charge in [-0.3, -0.25) is 0 Å². The summed E-state index contributed by atoms with van der Waals surface area (Å²) in [4.78, 5) is 0. The van der Waals surface area contributed by atoms with Gasteiger partial charge in [0.05, 0.1) is 0 Å². The molecule has 0 spiro atoms. The van der Waals surface area contributed by atoms with Crippen molar-refractivity contribution in [3.8, 4) is 11.1 Å². The average Bonchev–Trinajstić information content (AvgIpc) is 2.30. The van der Waals surface area contributed by atoms with Crippen LogP contribution in [0.2, 0.25) is 0 Å². The first-order valence-electron chi connectivity index (χ1n) is 4.63. The summed E-state index contributed by atoms with van der Waals surface area (Å²) in [5.74, 6) is 0. The van der Waals surface area contributed by atoms with Crippen LogP contribution in [0.4, 0.5) is 0 Å². The summed E-state index contributed by atoms with van der Waals surface area (Å²) in [7, 11) is 0. The summed E-state index contributed by atoms with van der Waals surface area (Å²) < 4.78 is 0.412. The van der Waals surface area contributed by atoms with Crippen LogP contribution < -0.4 is 0 Å². The van der Waals surface area contributed by atoms with Gasteiger partial charge in [-0.15, -0.1) is 0 Å². The first-order valence-corrected chi connectivity index (χ1v) is 5.42. The summed E-state index contributed by atoms with van der Waals surface area (Å²) in [6.07, 6.45) is 0. The molecule has 0 unspecified atom stereocenters. The molecule has 0 saturated carbocycles. The fourth-order valence-electron chi connectivity index (χ4n) is 1.52. The van der Waals surface area contributed by atoms with Gasteiger partial charge >= 0.3 is 0 Å². The maximum Gasteiger partial charge on any atom is 0.111 e. The Morgan fingerprint density at radius 3 is 2.13 bits per heavy atom. The minimum absolute atomic E-state index is 0.412. The predicted molar refractivity (Wildman–Crippen MR) is 69.4 cm³/mol. The van der Waals surface area contributed by atoms with Crippen molar-refractivity contribution < 1.29 is 0 Å². The summed E-state index contributed by atoms with van der Waals surface area (Å²) >= 11 is 10.9. The zero-order valence-corrected chi connectivity index (χ0v) is 9.55. The van der Waals surface area contributed by atoms with Crippen molar-refractivity contribution in [3.05, 3.63) is 60.2 Å². The minimum atomic E-state index is 0.412. The Morgan fingerprint density at radius 1 is 0.867 bits per heavy atom. The molecule has 0 aliphatic heterocycles. The van der Waals surface area contributed by atoms with Crippen molar-refractivity contribution in [2.24, 2.45) is 0 Å². The normalized spacial score (nSPS) is 9.93. The third-order valence-corrected chi connectivity index (χ3v) is 2.65. The third kappa shape index (κ3) is 2.25. The van der Waals surface area contributed by atoms with E-state index in [4.69, 9.17) is 23.8 Å². The summed E-state index contributed by atoms with van der Waals surface area (Å²) in [5, 5.41) is 0. The highest BCUT2D eigenvalue weighted by atomic mass is 35.5. The maximum atomic E-state index is 5.89. The van der Waals surface area contributed by atoms with E-state index in [0.717, 1.165) is 16.7 Å². The second-order valence-electron chi connectivity index (χ2n) is 3.19. The number of rotatable bonds is 2. The Labute approximate surface area is 99.5 Å². The van der Waals surface area contributed by atoms with Crippen LogP contribution in [0, 0.1) is 0 Å². The highest BCUT2D eigenvalue weighted by molar-refractivity contribution is 7.83. The van der Waals surface area contributed by atoms with Gasteiger partial charge in [-0.05, 0) is 11.1 Å². The molecule has 0 aliphatic rings. The lowest BCUT2D eigenvalue weighted by Gasteiger charge is -2.06. The Morgan fingerprint density at radius 2 is 1.47 bits per heavy atom. The van der Waals surface area contributed by atoms with Crippen LogP contribution in [0.1, 0.15) is 5.56 Å². The fraction of sp³-hybridized carbons (Fsp3) is 0. The van der Waals surface area contributed by atoms with Crippen LogP contribution in [-0.4, -0.2) is 4.32 Å². The Hall–Kier alpha value is -1.18. The summed E-state index contributed by atoms with van der Waals surface area (Å²) in [6.45, 7) is 0. The van der Waals surface area contributed by atoms with E-state index in [2.05, 4.69) is 0 Å². The van der Waals surface area contributed by atoms with Crippen LogP contribution >= 0.6 is 23.8 Å². The van der Waals surface area contributed by atoms with E-state index in [1.54, 1.807) is 0 Å². The van der Waals surface area contributed by atoms with E-state index >= 15 is 0 Å². The molecule has 2 aromatic rings. The molecule has 0 aromatic heterocycles. The molecule has 15 heavy (non-hydrogen) atoms. The van der Waals surface area contributed by atoms with E-state index in [0.29, 0.717) is 4.32 Å². The zero-order valence-electron chi connectivity index (χ0n) is 7.98. The molecule has 0 aliphatic carbocycles. The number of benzene rings is 2. The van der Waals surface area contributed by atoms with Gasteiger partial charge in [-0.1, -0.05) is 78.4 Å². The highest BCUT2D eigenvalue weighted by Gasteiger charge is 2.05. The molecule has 0 amide bonds. The Balaban J connectivity index is 2.58. The molecular weight excluding hydrogens is 224 g/mol. The standard InChI is InChI=1S/C13H9ClS/c14-13(15)12-9-5-4-8-11(12)10-6-2-1-3-7-10/h1-9H. The van der Waals surface area contributed by atoms with Crippen LogP contribution in [-0.2, 0) is 0 Å². The largest absolute Gasteiger partial charge is 0.111 e. The molecule has 0 atom stereocenters. The summed E-state index contributed by atoms with van der Waals surface area (Å²) in [5.41, 5.74) is 3.13. The minimum Gasteiger partial charge on any atom is -0.0709 e. The van der Waals surface area contributed by atoms with Gasteiger partial charge in [-0.25, -0.2) is 0 Å². The van der Waals surface area contributed by atoms with Gasteiger partial charge in [0.2, 0.25) is 0 Å². The van der Waals surface area contributed by atoms with Crippen molar-refractivity contribution >= 4 is 28.1 Å². The maximum absolute atomic E-state index is 5.89. The second-order valence-corrected chi connectivity index (χ2v) is 4.20. The zero-order chi connectivity index (χ0) is 10.7. The van der Waals surface area contributed by atoms with Gasteiger partial charge in [0.15, 0.2) is 0 Å². The number of hydrogen-bond donors (Lipinski definition) is 0. The van der Waals surface area contributed by atoms with Gasteiger partial charge in [-0.2, -0.15) is 0 Å². The topological polar surface area (TPSA) is 0 Å². The van der Waals surface area contributed by atoms with E-state index < -0.39 is 0 Å². The van der Waals surface area contributed by atoms with Crippen molar-refractivity contribution in [1.82, 2.24) is 0 Å². The Kier molecular flexibility index (Phi) is 3.14. The molecule has 74 valence electrons. The molecule has 0 radical (unpaired) electrons. The molecule has 2 heteroatoms. The van der Waals surface area contributed by atoms with E-state index in [-0.39, 0.29) is 0 Å². The molecule has 0 saturated heterocycles. The average molecular weight is 233 g/mol. The number of halogens is 1. The lowest BCUT2D eigenvalue weighted by atomic mass is 10.0. The van der Waals surface area contributed by atoms with Crippen molar-refractivity contribution in [1.29, 1.82) is 0 Å². The van der Waals surface area contributed by atoms with Crippen molar-refractivity contribution in [2.75, 3.05) is 0 Å². The highest BCUT2D eigenvalue weighted by Crippen LogP contribution is 2.24. The van der Waals surface area contributed by atoms with Crippen LogP contribution in [0.3, 0.4) is 0 Å². The van der Waals surface area contributed by atoms with E-state index in [1.165, 1.54) is 0 Å². The molecule has 0 fully saturated rings. The number of hydrogen-bond acceptors (Lipinski definition) is 1. The summed E-state index contributed by atoms with van der Waals surface area (Å²) in [6, 6.07) is 18.0. The van der Waals surface area contributed by atoms with Gasteiger partial charge in [0.1, 0.15) is 4.32 Å². The SMILES string of the molecule is S=C(Cl)c1ccccc1-c1ccccc1. The monoisotopic (exact) mass is 232 g/mol. The molecule has 0 nitrogen and oxygen atoms in total. The molecular formula is C13H9ClS. The molecule has 0 heterocycles. The number of thiocarbonyl (C=S) groups is 1. The van der Waals surface area contributed by atoms with Crippen LogP contribution in [0.25, 0.3) is 11.1 Å². The van der Waals surface area contributed by atoms with Crippen LogP contribution in [0.15, 0.2) is 54.6 Å². The molecule has 0 N–H and O–H groups in total. The second kappa shape index (κ2) is 4.56.